The molecule has 1 aromatic rings. The van der Waals surface area contributed by atoms with Crippen molar-refractivity contribution in [2.24, 2.45) is 0 Å². The molecule has 1 aromatic carbocycles. The highest BCUT2D eigenvalue weighted by molar-refractivity contribution is 5.70. The van der Waals surface area contributed by atoms with Crippen LogP contribution < -0.4 is 0 Å². The molecule has 21 heavy (non-hydrogen) atoms. The largest absolute Gasteiger partial charge is 0.444 e. The van der Waals surface area contributed by atoms with Crippen molar-refractivity contribution in [1.82, 2.24) is 4.90 Å². The number of benzene rings is 1. The molecule has 0 atom stereocenters. The lowest BCUT2D eigenvalue weighted by Crippen LogP contribution is -2.31. The Kier molecular flexibility index (Phi) is 6.32. The molecular weight excluding hydrogens is 262 g/mol. The number of carbonyl (C=O) groups excluding carboxylic acids is 1. The molecule has 0 saturated carbocycles. The van der Waals surface area contributed by atoms with Crippen molar-refractivity contribution in [2.75, 3.05) is 6.54 Å². The van der Waals surface area contributed by atoms with Gasteiger partial charge in [0.05, 0.1) is 0 Å². The smallest absolute Gasteiger partial charge is 0.414 e. The van der Waals surface area contributed by atoms with Gasteiger partial charge >= 0.3 is 6.09 Å². The third-order valence-electron chi connectivity index (χ3n) is 3.77. The summed E-state index contributed by atoms with van der Waals surface area (Å²) in [5.41, 5.74) is 2.17. The van der Waals surface area contributed by atoms with E-state index in [-0.39, 0.29) is 6.09 Å². The predicted octanol–water partition coefficient (Wildman–Crippen LogP) is 4.88. The van der Waals surface area contributed by atoms with E-state index < -0.39 is 0 Å². The number of ether oxygens (including phenoxy) is 1. The number of allylic oxidation sites excluding steroid dienone is 2. The van der Waals surface area contributed by atoms with Crippen LogP contribution >= 0.6 is 0 Å². The van der Waals surface area contributed by atoms with Gasteiger partial charge in [-0.2, -0.15) is 0 Å². The highest BCUT2D eigenvalue weighted by atomic mass is 16.6. The zero-order chi connectivity index (χ0) is 14.9. The first kappa shape index (κ1) is 15.6. The second-order valence-electron chi connectivity index (χ2n) is 5.49. The van der Waals surface area contributed by atoms with Crippen molar-refractivity contribution in [3.05, 3.63) is 47.7 Å². The topological polar surface area (TPSA) is 29.5 Å². The summed E-state index contributed by atoms with van der Waals surface area (Å²) in [4.78, 5) is 14.2. The summed E-state index contributed by atoms with van der Waals surface area (Å²) in [6.45, 7) is 3.30. The van der Waals surface area contributed by atoms with E-state index in [1.165, 1.54) is 0 Å². The van der Waals surface area contributed by atoms with E-state index >= 15 is 0 Å². The third kappa shape index (κ3) is 4.92. The fourth-order valence-electron chi connectivity index (χ4n) is 2.54. The first-order valence-corrected chi connectivity index (χ1v) is 7.98. The van der Waals surface area contributed by atoms with Gasteiger partial charge in [0, 0.05) is 12.2 Å². The molecule has 3 nitrogen and oxygen atoms in total. The molecule has 0 N–H and O–H groups in total. The summed E-state index contributed by atoms with van der Waals surface area (Å²) in [5, 5.41) is 0. The number of hydrogen-bond acceptors (Lipinski definition) is 2. The number of rotatable bonds is 5. The Morgan fingerprint density at radius 3 is 2.81 bits per heavy atom. The Morgan fingerprint density at radius 1 is 1.24 bits per heavy atom. The number of nitrogens with zero attached hydrogens (tertiary/aromatic N) is 1. The highest BCUT2D eigenvalue weighted by Gasteiger charge is 2.20. The van der Waals surface area contributed by atoms with Gasteiger partial charge in [0.15, 0.2) is 0 Å². The molecule has 0 bridgehead atoms. The van der Waals surface area contributed by atoms with Gasteiger partial charge in [-0.05, 0) is 37.7 Å². The lowest BCUT2D eigenvalue weighted by Gasteiger charge is -2.23. The fraction of sp³-hybridized carbons (Fsp3) is 0.500. The van der Waals surface area contributed by atoms with Crippen LogP contribution in [-0.2, 0) is 11.3 Å². The molecule has 0 aromatic heterocycles. The molecule has 2 rings (SSSR count). The Labute approximate surface area is 127 Å². The molecule has 0 spiro atoms. The summed E-state index contributed by atoms with van der Waals surface area (Å²) in [7, 11) is 0. The second-order valence-corrected chi connectivity index (χ2v) is 5.49. The van der Waals surface area contributed by atoms with Gasteiger partial charge in [0.1, 0.15) is 6.61 Å². The van der Waals surface area contributed by atoms with Gasteiger partial charge in [-0.3, -0.25) is 4.90 Å². The maximum absolute atomic E-state index is 12.4. The molecule has 1 aliphatic rings. The van der Waals surface area contributed by atoms with Crippen molar-refractivity contribution in [3.63, 3.8) is 0 Å². The predicted molar refractivity (Wildman–Crippen MR) is 84.8 cm³/mol. The lowest BCUT2D eigenvalue weighted by molar-refractivity contribution is 0.106. The number of carbonyl (C=O) groups is 1. The van der Waals surface area contributed by atoms with E-state index in [1.807, 2.05) is 35.2 Å². The van der Waals surface area contributed by atoms with Crippen LogP contribution in [0.5, 0.6) is 0 Å². The van der Waals surface area contributed by atoms with Gasteiger partial charge in [0.2, 0.25) is 0 Å². The molecule has 1 heterocycles. The Balaban J connectivity index is 1.94. The minimum absolute atomic E-state index is 0.205. The molecule has 1 aliphatic heterocycles. The van der Waals surface area contributed by atoms with E-state index in [1.54, 1.807) is 0 Å². The van der Waals surface area contributed by atoms with Crippen LogP contribution in [0.1, 0.15) is 51.0 Å². The zero-order valence-electron chi connectivity index (χ0n) is 12.9. The van der Waals surface area contributed by atoms with E-state index in [4.69, 9.17) is 4.74 Å². The van der Waals surface area contributed by atoms with Crippen molar-refractivity contribution >= 4 is 6.09 Å². The van der Waals surface area contributed by atoms with Crippen molar-refractivity contribution in [2.45, 2.75) is 52.1 Å². The van der Waals surface area contributed by atoms with Crippen LogP contribution in [0.4, 0.5) is 4.79 Å². The number of amides is 1. The standard InChI is InChI=1S/C18H25NO2/c1-2-3-12-17-13-8-5-9-14-19(17)18(20)21-15-16-10-6-4-7-11-16/h4,6-7,10-11,13H,2-3,5,8-9,12,14-15H2,1H3. The summed E-state index contributed by atoms with van der Waals surface area (Å²) in [6, 6.07) is 9.84. The van der Waals surface area contributed by atoms with Crippen LogP contribution in [-0.4, -0.2) is 17.5 Å². The summed E-state index contributed by atoms with van der Waals surface area (Å²) >= 11 is 0. The SMILES string of the molecule is CCCCC1=CCCCCN1C(=O)OCc1ccccc1. The maximum atomic E-state index is 12.4. The second kappa shape index (κ2) is 8.50. The molecule has 0 radical (unpaired) electrons. The Bertz CT molecular complexity index is 467. The van der Waals surface area contributed by atoms with Crippen LogP contribution in [0.15, 0.2) is 42.1 Å². The maximum Gasteiger partial charge on any atom is 0.414 e. The average Bonchev–Trinajstić information content (AvgIpc) is 2.77. The Hall–Kier alpha value is -1.77. The van der Waals surface area contributed by atoms with Gasteiger partial charge in [-0.1, -0.05) is 49.8 Å². The molecule has 0 fully saturated rings. The van der Waals surface area contributed by atoms with Crippen LogP contribution in [0, 0.1) is 0 Å². The summed E-state index contributed by atoms with van der Waals surface area (Å²) in [6.07, 6.45) is 8.51. The molecular formula is C18H25NO2. The quantitative estimate of drug-likeness (QED) is 0.772. The van der Waals surface area contributed by atoms with Crippen LogP contribution in [0.2, 0.25) is 0 Å². The molecule has 1 amide bonds. The van der Waals surface area contributed by atoms with Gasteiger partial charge < -0.3 is 4.74 Å². The van der Waals surface area contributed by atoms with Gasteiger partial charge in [-0.15, -0.1) is 0 Å². The molecule has 0 aliphatic carbocycles. The van der Waals surface area contributed by atoms with E-state index in [0.717, 1.165) is 56.3 Å². The number of unbranched alkanes of at least 4 members (excludes halogenated alkanes) is 1. The van der Waals surface area contributed by atoms with Crippen molar-refractivity contribution < 1.29 is 9.53 Å². The summed E-state index contributed by atoms with van der Waals surface area (Å²) in [5.74, 6) is 0. The lowest BCUT2D eigenvalue weighted by atomic mass is 10.1. The Morgan fingerprint density at radius 2 is 2.05 bits per heavy atom. The normalized spacial score (nSPS) is 15.3. The number of hydrogen-bond donors (Lipinski definition) is 0. The fourth-order valence-corrected chi connectivity index (χ4v) is 2.54. The molecule has 3 heteroatoms. The van der Waals surface area contributed by atoms with Crippen LogP contribution in [0.3, 0.4) is 0 Å². The van der Waals surface area contributed by atoms with Crippen LogP contribution in [0.25, 0.3) is 0 Å². The van der Waals surface area contributed by atoms with Crippen molar-refractivity contribution in [3.8, 4) is 0 Å². The first-order valence-electron chi connectivity index (χ1n) is 7.98. The summed E-state index contributed by atoms with van der Waals surface area (Å²) < 4.78 is 5.48. The van der Waals surface area contributed by atoms with Crippen molar-refractivity contribution in [1.29, 1.82) is 0 Å². The van der Waals surface area contributed by atoms with E-state index in [2.05, 4.69) is 13.0 Å². The van der Waals surface area contributed by atoms with Gasteiger partial charge in [0.25, 0.3) is 0 Å². The molecule has 0 unspecified atom stereocenters. The van der Waals surface area contributed by atoms with E-state index in [0.29, 0.717) is 6.61 Å². The minimum atomic E-state index is -0.205. The molecule has 0 saturated heterocycles. The third-order valence-corrected chi connectivity index (χ3v) is 3.77. The monoisotopic (exact) mass is 287 g/mol. The van der Waals surface area contributed by atoms with Gasteiger partial charge in [-0.25, -0.2) is 4.79 Å². The molecule has 114 valence electrons. The zero-order valence-corrected chi connectivity index (χ0v) is 12.9. The average molecular weight is 287 g/mol. The highest BCUT2D eigenvalue weighted by Crippen LogP contribution is 2.21. The first-order chi connectivity index (χ1) is 10.3. The minimum Gasteiger partial charge on any atom is -0.444 e. The van der Waals surface area contributed by atoms with E-state index in [9.17, 15) is 4.79 Å².